The van der Waals surface area contributed by atoms with Gasteiger partial charge in [-0.1, -0.05) is 30.4 Å². The molecule has 114 valence electrons. The van der Waals surface area contributed by atoms with E-state index < -0.39 is 29.5 Å². The molecule has 0 radical (unpaired) electrons. The van der Waals surface area contributed by atoms with E-state index in [9.17, 15) is 18.0 Å². The Hall–Kier alpha value is -1.63. The fourth-order valence-electron chi connectivity index (χ4n) is 2.43. The molecule has 1 aliphatic rings. The van der Waals surface area contributed by atoms with Crippen LogP contribution in [-0.2, 0) is 6.42 Å². The van der Waals surface area contributed by atoms with Gasteiger partial charge in [0.2, 0.25) is 0 Å². The van der Waals surface area contributed by atoms with Crippen LogP contribution < -0.4 is 5.73 Å². The van der Waals surface area contributed by atoms with Crippen LogP contribution in [0.4, 0.5) is 13.2 Å². The van der Waals surface area contributed by atoms with E-state index in [4.69, 9.17) is 5.73 Å². The highest BCUT2D eigenvalue weighted by molar-refractivity contribution is 7.80. The van der Waals surface area contributed by atoms with Crippen molar-refractivity contribution < 1.29 is 18.0 Å². The topological polar surface area (TPSA) is 46.3 Å². The van der Waals surface area contributed by atoms with Crippen LogP contribution in [0.1, 0.15) is 22.3 Å². The number of alkyl halides is 3. The molecule has 1 amide bonds. The minimum absolute atomic E-state index is 0.267. The fraction of sp³-hybridized carbons (Fsp3) is 0.429. The van der Waals surface area contributed by atoms with Gasteiger partial charge in [-0.25, -0.2) is 0 Å². The van der Waals surface area contributed by atoms with Crippen molar-refractivity contribution in [2.24, 2.45) is 11.7 Å². The SMILES string of the molecule is NC(=S)C(CN1CCCc2ccccc2C1=O)C(F)(F)F. The molecule has 0 spiro atoms. The minimum Gasteiger partial charge on any atom is -0.393 e. The van der Waals surface area contributed by atoms with Crippen molar-refractivity contribution in [2.75, 3.05) is 13.1 Å². The highest BCUT2D eigenvalue weighted by Gasteiger charge is 2.43. The monoisotopic (exact) mass is 316 g/mol. The predicted molar refractivity (Wildman–Crippen MR) is 77.0 cm³/mol. The lowest BCUT2D eigenvalue weighted by molar-refractivity contribution is -0.157. The van der Waals surface area contributed by atoms with Crippen molar-refractivity contribution >= 4 is 23.1 Å². The maximum Gasteiger partial charge on any atom is 0.399 e. The third-order valence-electron chi connectivity index (χ3n) is 3.55. The average Bonchev–Trinajstić information content (AvgIpc) is 2.55. The molecule has 1 aromatic carbocycles. The Morgan fingerprint density at radius 1 is 1.38 bits per heavy atom. The number of amides is 1. The van der Waals surface area contributed by atoms with Crippen LogP contribution in [0.15, 0.2) is 24.3 Å². The van der Waals surface area contributed by atoms with E-state index in [0.717, 1.165) is 5.56 Å². The van der Waals surface area contributed by atoms with Gasteiger partial charge in [0.25, 0.3) is 5.91 Å². The maximum atomic E-state index is 12.9. The molecule has 1 unspecified atom stereocenters. The summed E-state index contributed by atoms with van der Waals surface area (Å²) in [4.78, 5) is 13.0. The van der Waals surface area contributed by atoms with Crippen LogP contribution in [0.3, 0.4) is 0 Å². The molecule has 1 heterocycles. The Balaban J connectivity index is 2.25. The normalized spacial score (nSPS) is 17.1. The molecule has 7 heteroatoms. The summed E-state index contributed by atoms with van der Waals surface area (Å²) in [5, 5.41) is 0. The Morgan fingerprint density at radius 2 is 2.05 bits per heavy atom. The molecule has 0 saturated carbocycles. The number of fused-ring (bicyclic) bond motifs is 1. The second-order valence-corrected chi connectivity index (χ2v) is 5.48. The first-order valence-electron chi connectivity index (χ1n) is 6.54. The van der Waals surface area contributed by atoms with E-state index in [1.54, 1.807) is 12.1 Å². The number of carbonyl (C=O) groups excluding carboxylic acids is 1. The van der Waals surface area contributed by atoms with Crippen LogP contribution in [0, 0.1) is 5.92 Å². The number of benzene rings is 1. The Kier molecular flexibility index (Phi) is 4.51. The summed E-state index contributed by atoms with van der Waals surface area (Å²) in [6.07, 6.45) is -3.26. The number of hydrogen-bond acceptors (Lipinski definition) is 2. The number of halogens is 3. The summed E-state index contributed by atoms with van der Waals surface area (Å²) < 4.78 is 38.8. The van der Waals surface area contributed by atoms with Crippen molar-refractivity contribution in [3.8, 4) is 0 Å². The fourth-order valence-corrected chi connectivity index (χ4v) is 2.64. The molecule has 2 N–H and O–H groups in total. The van der Waals surface area contributed by atoms with Gasteiger partial charge in [0.1, 0.15) is 5.92 Å². The average molecular weight is 316 g/mol. The number of thiocarbonyl (C=S) groups is 1. The zero-order valence-corrected chi connectivity index (χ0v) is 12.0. The van der Waals surface area contributed by atoms with Crippen LogP contribution in [0.25, 0.3) is 0 Å². The zero-order valence-electron chi connectivity index (χ0n) is 11.2. The first-order chi connectivity index (χ1) is 9.80. The third-order valence-corrected chi connectivity index (χ3v) is 3.84. The molecule has 21 heavy (non-hydrogen) atoms. The number of nitrogens with zero attached hydrogens (tertiary/aromatic N) is 1. The Labute approximate surface area is 125 Å². The first kappa shape index (κ1) is 15.8. The van der Waals surface area contributed by atoms with Gasteiger partial charge in [0, 0.05) is 18.7 Å². The van der Waals surface area contributed by atoms with Gasteiger partial charge in [-0.15, -0.1) is 0 Å². The summed E-state index contributed by atoms with van der Waals surface area (Å²) in [6.45, 7) is -0.255. The smallest absolute Gasteiger partial charge is 0.393 e. The minimum atomic E-state index is -4.54. The number of rotatable bonds is 3. The highest BCUT2D eigenvalue weighted by atomic mass is 32.1. The third kappa shape index (κ3) is 3.53. The molecular weight excluding hydrogens is 301 g/mol. The summed E-state index contributed by atoms with van der Waals surface area (Å²) in [7, 11) is 0. The number of carbonyl (C=O) groups is 1. The van der Waals surface area contributed by atoms with E-state index in [1.807, 2.05) is 12.1 Å². The van der Waals surface area contributed by atoms with Gasteiger partial charge in [0.15, 0.2) is 0 Å². The molecule has 1 aromatic rings. The van der Waals surface area contributed by atoms with Gasteiger partial charge in [-0.2, -0.15) is 13.2 Å². The van der Waals surface area contributed by atoms with Crippen LogP contribution in [0.5, 0.6) is 0 Å². The zero-order chi connectivity index (χ0) is 15.6. The van der Waals surface area contributed by atoms with E-state index in [2.05, 4.69) is 12.2 Å². The van der Waals surface area contributed by atoms with Gasteiger partial charge < -0.3 is 10.6 Å². The van der Waals surface area contributed by atoms with Gasteiger partial charge in [-0.3, -0.25) is 4.79 Å². The van der Waals surface area contributed by atoms with Crippen LogP contribution >= 0.6 is 12.2 Å². The Morgan fingerprint density at radius 3 is 2.67 bits per heavy atom. The predicted octanol–water partition coefficient (Wildman–Crippen LogP) is 2.54. The summed E-state index contributed by atoms with van der Waals surface area (Å²) in [5.74, 6) is -2.37. The molecule has 0 aliphatic carbocycles. The van der Waals surface area contributed by atoms with Crippen molar-refractivity contribution in [1.29, 1.82) is 0 Å². The first-order valence-corrected chi connectivity index (χ1v) is 6.94. The molecular formula is C14H15F3N2OS. The van der Waals surface area contributed by atoms with E-state index >= 15 is 0 Å². The molecule has 2 rings (SSSR count). The van der Waals surface area contributed by atoms with Gasteiger partial charge >= 0.3 is 6.18 Å². The molecule has 1 atom stereocenters. The van der Waals surface area contributed by atoms with Crippen molar-refractivity contribution in [3.05, 3.63) is 35.4 Å². The van der Waals surface area contributed by atoms with E-state index in [1.165, 1.54) is 4.90 Å². The standard InChI is InChI=1S/C14H15F3N2OS/c15-14(16,17)11(12(18)21)8-19-7-3-5-9-4-1-2-6-10(9)13(19)20/h1-2,4,6,11H,3,5,7-8H2,(H2,18,21). The second kappa shape index (κ2) is 6.01. The molecule has 0 bridgehead atoms. The molecule has 0 aromatic heterocycles. The lowest BCUT2D eigenvalue weighted by Gasteiger charge is -2.27. The van der Waals surface area contributed by atoms with E-state index in [-0.39, 0.29) is 6.54 Å². The van der Waals surface area contributed by atoms with Crippen molar-refractivity contribution in [3.63, 3.8) is 0 Å². The molecule has 3 nitrogen and oxygen atoms in total. The highest BCUT2D eigenvalue weighted by Crippen LogP contribution is 2.29. The number of aryl methyl sites for hydroxylation is 1. The second-order valence-electron chi connectivity index (χ2n) is 5.01. The van der Waals surface area contributed by atoms with Crippen LogP contribution in [0.2, 0.25) is 0 Å². The largest absolute Gasteiger partial charge is 0.399 e. The Bertz CT molecular complexity index is 559. The van der Waals surface area contributed by atoms with Crippen molar-refractivity contribution in [2.45, 2.75) is 19.0 Å². The summed E-state index contributed by atoms with van der Waals surface area (Å²) in [5.41, 5.74) is 6.51. The quantitative estimate of drug-likeness (QED) is 0.872. The summed E-state index contributed by atoms with van der Waals surface area (Å²) in [6, 6.07) is 6.98. The molecule has 0 fully saturated rings. The maximum absolute atomic E-state index is 12.9. The van der Waals surface area contributed by atoms with Gasteiger partial charge in [0.05, 0.1) is 4.99 Å². The molecule has 0 saturated heterocycles. The van der Waals surface area contributed by atoms with Gasteiger partial charge in [-0.05, 0) is 24.5 Å². The van der Waals surface area contributed by atoms with Crippen molar-refractivity contribution in [1.82, 2.24) is 4.90 Å². The number of nitrogens with two attached hydrogens (primary N) is 1. The lowest BCUT2D eigenvalue weighted by atomic mass is 10.0. The summed E-state index contributed by atoms with van der Waals surface area (Å²) >= 11 is 4.50. The number of hydrogen-bond donors (Lipinski definition) is 1. The lowest BCUT2D eigenvalue weighted by Crippen LogP contribution is -2.45. The van der Waals surface area contributed by atoms with E-state index in [0.29, 0.717) is 18.4 Å². The van der Waals surface area contributed by atoms with Crippen LogP contribution in [-0.4, -0.2) is 35.1 Å². The molecule has 1 aliphatic heterocycles.